The maximum absolute atomic E-state index is 12.8. The Morgan fingerprint density at radius 1 is 1.00 bits per heavy atom. The van der Waals surface area contributed by atoms with E-state index in [1.54, 1.807) is 12.3 Å². The number of anilines is 2. The van der Waals surface area contributed by atoms with E-state index in [1.165, 1.54) is 18.0 Å². The third kappa shape index (κ3) is 3.20. The lowest BCUT2D eigenvalue weighted by molar-refractivity contribution is 0.597. The maximum atomic E-state index is 12.8. The lowest BCUT2D eigenvalue weighted by Gasteiger charge is -2.30. The number of amidine groups is 1. The molecule has 1 aliphatic heterocycles. The fraction of sp³-hybridized carbons (Fsp3) is 0.0476. The number of pyridine rings is 1. The number of fused-ring (bicyclic) bond motifs is 2. The fourth-order valence-electron chi connectivity index (χ4n) is 3.36. The molecule has 6 nitrogen and oxygen atoms in total. The van der Waals surface area contributed by atoms with E-state index in [-0.39, 0.29) is 4.90 Å². The average molecular weight is 421 g/mol. The van der Waals surface area contributed by atoms with Crippen molar-refractivity contribution in [2.75, 3.05) is 4.90 Å². The summed E-state index contributed by atoms with van der Waals surface area (Å²) in [5.74, 6) is 0.585. The number of nitrogens with one attached hydrogen (secondary N) is 1. The van der Waals surface area contributed by atoms with Crippen LogP contribution in [-0.2, 0) is 15.8 Å². The molecule has 2 aromatic heterocycles. The summed E-state index contributed by atoms with van der Waals surface area (Å²) in [5, 5.41) is 1.54. The number of nitrogens with zero attached hydrogens (tertiary/aromatic N) is 3. The van der Waals surface area contributed by atoms with Gasteiger partial charge in [0, 0.05) is 40.9 Å². The number of H-pyrrole nitrogens is 1. The molecule has 8 heteroatoms. The SMILES string of the molecule is O=S1(=O)N=C(SCc2c[nH]c3ccccc23)N(c2ccccc2)c2ccncc21. The molecule has 0 atom stereocenters. The summed E-state index contributed by atoms with van der Waals surface area (Å²) in [6.07, 6.45) is 4.91. The molecule has 1 N–H and O–H groups in total. The van der Waals surface area contributed by atoms with Gasteiger partial charge in [-0.1, -0.05) is 48.2 Å². The van der Waals surface area contributed by atoms with Crippen LogP contribution in [0.15, 0.2) is 88.5 Å². The summed E-state index contributed by atoms with van der Waals surface area (Å²) in [6, 6.07) is 19.4. The van der Waals surface area contributed by atoms with Gasteiger partial charge >= 0.3 is 0 Å². The highest BCUT2D eigenvalue weighted by atomic mass is 32.2. The number of aromatic amines is 1. The quantitative estimate of drug-likeness (QED) is 0.520. The van der Waals surface area contributed by atoms with E-state index < -0.39 is 10.0 Å². The molecule has 0 spiro atoms. The molecular formula is C21H16N4O2S2. The van der Waals surface area contributed by atoms with Crippen LogP contribution < -0.4 is 4.90 Å². The molecule has 0 fully saturated rings. The van der Waals surface area contributed by atoms with Gasteiger partial charge in [-0.3, -0.25) is 9.88 Å². The number of hydrogen-bond donors (Lipinski definition) is 1. The van der Waals surface area contributed by atoms with Crippen LogP contribution in [0.2, 0.25) is 0 Å². The molecule has 3 heterocycles. The standard InChI is InChI=1S/C21H16N4O2S2/c26-29(27)20-13-22-11-10-19(20)25(16-6-2-1-3-7-16)21(24-29)28-14-15-12-23-18-9-5-4-8-17(15)18/h1-13,23H,14H2. The van der Waals surface area contributed by atoms with Crippen molar-refractivity contribution in [2.24, 2.45) is 4.40 Å². The van der Waals surface area contributed by atoms with Crippen LogP contribution in [0, 0.1) is 0 Å². The molecule has 144 valence electrons. The minimum atomic E-state index is -3.81. The Kier molecular flexibility index (Phi) is 4.37. The molecule has 0 amide bonds. The zero-order valence-corrected chi connectivity index (χ0v) is 16.8. The monoisotopic (exact) mass is 420 g/mol. The molecule has 5 rings (SSSR count). The lowest BCUT2D eigenvalue weighted by atomic mass is 10.2. The molecule has 0 unspecified atom stereocenters. The number of para-hydroxylation sites is 2. The first-order valence-electron chi connectivity index (χ1n) is 8.95. The molecular weight excluding hydrogens is 404 g/mol. The van der Waals surface area contributed by atoms with Crippen LogP contribution in [0.1, 0.15) is 5.56 Å². The first-order chi connectivity index (χ1) is 14.1. The van der Waals surface area contributed by atoms with Gasteiger partial charge in [-0.2, -0.15) is 8.42 Å². The van der Waals surface area contributed by atoms with E-state index in [0.717, 1.165) is 22.2 Å². The Morgan fingerprint density at radius 2 is 1.79 bits per heavy atom. The first kappa shape index (κ1) is 18.0. The largest absolute Gasteiger partial charge is 0.361 e. The topological polar surface area (TPSA) is 78.4 Å². The Labute approximate surface area is 172 Å². The molecule has 1 aliphatic rings. The van der Waals surface area contributed by atoms with Crippen LogP contribution >= 0.6 is 11.8 Å². The van der Waals surface area contributed by atoms with Crippen LogP contribution in [-0.4, -0.2) is 23.6 Å². The molecule has 2 aromatic carbocycles. The fourth-order valence-corrected chi connectivity index (χ4v) is 5.73. The number of rotatable bonds is 3. The van der Waals surface area contributed by atoms with E-state index in [0.29, 0.717) is 16.6 Å². The van der Waals surface area contributed by atoms with Gasteiger partial charge in [0.1, 0.15) is 4.90 Å². The van der Waals surface area contributed by atoms with Crippen molar-refractivity contribution in [1.82, 2.24) is 9.97 Å². The summed E-state index contributed by atoms with van der Waals surface area (Å²) in [6.45, 7) is 0. The van der Waals surface area contributed by atoms with E-state index in [4.69, 9.17) is 0 Å². The molecule has 0 radical (unpaired) electrons. The van der Waals surface area contributed by atoms with Gasteiger partial charge in [0.05, 0.1) is 5.69 Å². The second-order valence-corrected chi connectivity index (χ2v) is 9.03. The molecule has 0 bridgehead atoms. The molecule has 0 saturated carbocycles. The van der Waals surface area contributed by atoms with Crippen molar-refractivity contribution in [1.29, 1.82) is 0 Å². The third-order valence-electron chi connectivity index (χ3n) is 4.72. The van der Waals surface area contributed by atoms with Crippen molar-refractivity contribution in [3.8, 4) is 0 Å². The summed E-state index contributed by atoms with van der Waals surface area (Å²) < 4.78 is 29.6. The number of sulfonamides is 1. The van der Waals surface area contributed by atoms with Crippen molar-refractivity contribution < 1.29 is 8.42 Å². The van der Waals surface area contributed by atoms with Crippen molar-refractivity contribution in [2.45, 2.75) is 10.6 Å². The minimum absolute atomic E-state index is 0.111. The Bertz CT molecular complexity index is 1330. The van der Waals surface area contributed by atoms with Gasteiger partial charge in [0.15, 0.2) is 5.17 Å². The predicted molar refractivity (Wildman–Crippen MR) is 117 cm³/mol. The normalized spacial score (nSPS) is 15.2. The highest BCUT2D eigenvalue weighted by Gasteiger charge is 2.32. The van der Waals surface area contributed by atoms with Gasteiger partial charge in [0.2, 0.25) is 0 Å². The van der Waals surface area contributed by atoms with Crippen molar-refractivity contribution in [3.63, 3.8) is 0 Å². The smallest absolute Gasteiger partial charge is 0.288 e. The third-order valence-corrected chi connectivity index (χ3v) is 7.10. The molecule has 0 aliphatic carbocycles. The van der Waals surface area contributed by atoms with Crippen LogP contribution in [0.4, 0.5) is 11.4 Å². The minimum Gasteiger partial charge on any atom is -0.361 e. The maximum Gasteiger partial charge on any atom is 0.288 e. The molecule has 0 saturated heterocycles. The lowest BCUT2D eigenvalue weighted by Crippen LogP contribution is -2.29. The van der Waals surface area contributed by atoms with Gasteiger partial charge in [-0.15, -0.1) is 4.40 Å². The number of hydrogen-bond acceptors (Lipinski definition) is 5. The Balaban J connectivity index is 1.57. The van der Waals surface area contributed by atoms with E-state index in [1.807, 2.05) is 59.6 Å². The zero-order valence-electron chi connectivity index (χ0n) is 15.2. The van der Waals surface area contributed by atoms with E-state index in [2.05, 4.69) is 20.4 Å². The average Bonchev–Trinajstić information content (AvgIpc) is 3.16. The van der Waals surface area contributed by atoms with Crippen LogP contribution in [0.25, 0.3) is 10.9 Å². The van der Waals surface area contributed by atoms with Crippen molar-refractivity contribution in [3.05, 3.63) is 84.8 Å². The Morgan fingerprint density at radius 3 is 2.66 bits per heavy atom. The van der Waals surface area contributed by atoms with Gasteiger partial charge in [0.25, 0.3) is 10.0 Å². The van der Waals surface area contributed by atoms with Crippen LogP contribution in [0.5, 0.6) is 0 Å². The molecule has 4 aromatic rings. The predicted octanol–water partition coefficient (Wildman–Crippen LogP) is 4.69. The van der Waals surface area contributed by atoms with E-state index in [9.17, 15) is 8.42 Å². The second-order valence-electron chi connectivity index (χ2n) is 6.51. The van der Waals surface area contributed by atoms with Crippen molar-refractivity contribution >= 4 is 49.2 Å². The summed E-state index contributed by atoms with van der Waals surface area (Å²) in [5.41, 5.74) is 3.56. The summed E-state index contributed by atoms with van der Waals surface area (Å²) in [7, 11) is -3.81. The summed E-state index contributed by atoms with van der Waals surface area (Å²) >= 11 is 1.40. The zero-order chi connectivity index (χ0) is 19.8. The highest BCUT2D eigenvalue weighted by Crippen LogP contribution is 2.39. The number of aromatic nitrogens is 2. The second kappa shape index (κ2) is 7.06. The number of thioether (sulfide) groups is 1. The summed E-state index contributed by atoms with van der Waals surface area (Å²) in [4.78, 5) is 9.22. The van der Waals surface area contributed by atoms with E-state index >= 15 is 0 Å². The Hall–Kier alpha value is -3.10. The number of benzene rings is 2. The van der Waals surface area contributed by atoms with Gasteiger partial charge in [-0.25, -0.2) is 0 Å². The van der Waals surface area contributed by atoms with Crippen LogP contribution in [0.3, 0.4) is 0 Å². The van der Waals surface area contributed by atoms with Gasteiger partial charge in [-0.05, 0) is 29.8 Å². The van der Waals surface area contributed by atoms with Gasteiger partial charge < -0.3 is 4.98 Å². The molecule has 29 heavy (non-hydrogen) atoms. The first-order valence-corrected chi connectivity index (χ1v) is 11.4. The highest BCUT2D eigenvalue weighted by molar-refractivity contribution is 8.14.